The lowest BCUT2D eigenvalue weighted by Crippen LogP contribution is -3.16. The number of quaternary nitrogens is 1. The third kappa shape index (κ3) is 5.20. The van der Waals surface area contributed by atoms with Gasteiger partial charge in [-0.15, -0.1) is 0 Å². The van der Waals surface area contributed by atoms with Crippen LogP contribution >= 0.6 is 0 Å². The van der Waals surface area contributed by atoms with Crippen LogP contribution in [0.25, 0.3) is 0 Å². The maximum atomic E-state index is 12.8. The van der Waals surface area contributed by atoms with E-state index in [0.29, 0.717) is 44.5 Å². The minimum atomic E-state index is -0.457. The minimum absolute atomic E-state index is 0.0613. The Morgan fingerprint density at radius 1 is 1.36 bits per heavy atom. The van der Waals surface area contributed by atoms with E-state index in [1.54, 1.807) is 11.0 Å². The van der Waals surface area contributed by atoms with E-state index < -0.39 is 4.92 Å². The van der Waals surface area contributed by atoms with E-state index in [4.69, 9.17) is 4.74 Å². The van der Waals surface area contributed by atoms with Crippen LogP contribution in [0.15, 0.2) is 18.2 Å². The zero-order valence-corrected chi connectivity index (χ0v) is 16.6. The smallest absolute Gasteiger partial charge is 0.270 e. The molecule has 2 heterocycles. The summed E-state index contributed by atoms with van der Waals surface area (Å²) in [5, 5.41) is 14.1. The summed E-state index contributed by atoms with van der Waals surface area (Å²) in [6, 6.07) is 5.22. The summed E-state index contributed by atoms with van der Waals surface area (Å²) in [4.78, 5) is 27.2. The number of nitro benzene ring substituents is 1. The third-order valence-electron chi connectivity index (χ3n) is 5.83. The summed E-state index contributed by atoms with van der Waals surface area (Å²) in [6.07, 6.45) is 4.78. The van der Waals surface area contributed by atoms with Gasteiger partial charge in [-0.25, -0.2) is 0 Å². The largest absolute Gasteiger partial charge is 0.378 e. The summed E-state index contributed by atoms with van der Waals surface area (Å²) in [5.74, 6) is -0.244. The van der Waals surface area contributed by atoms with Crippen LogP contribution in [0.3, 0.4) is 0 Å². The van der Waals surface area contributed by atoms with E-state index in [1.165, 1.54) is 37.9 Å². The highest BCUT2D eigenvalue weighted by Crippen LogP contribution is 2.26. The van der Waals surface area contributed by atoms with E-state index in [2.05, 4.69) is 17.1 Å². The fourth-order valence-corrected chi connectivity index (χ4v) is 4.14. The molecule has 8 nitrogen and oxygen atoms in total. The summed E-state index contributed by atoms with van der Waals surface area (Å²) < 4.78 is 5.38. The Kier molecular flexibility index (Phi) is 7.22. The van der Waals surface area contributed by atoms with Gasteiger partial charge < -0.3 is 19.9 Å². The molecular weight excluding hydrogens is 360 g/mol. The van der Waals surface area contributed by atoms with Crippen molar-refractivity contribution in [3.05, 3.63) is 33.9 Å². The molecule has 28 heavy (non-hydrogen) atoms. The second kappa shape index (κ2) is 9.84. The Bertz CT molecular complexity index is 691. The molecule has 0 aromatic heterocycles. The van der Waals surface area contributed by atoms with E-state index in [1.807, 2.05) is 0 Å². The molecule has 1 amide bonds. The molecule has 8 heteroatoms. The summed E-state index contributed by atoms with van der Waals surface area (Å²) in [7, 11) is 0. The molecule has 0 bridgehead atoms. The number of anilines is 1. The van der Waals surface area contributed by atoms with Crippen molar-refractivity contribution in [2.75, 3.05) is 50.8 Å². The van der Waals surface area contributed by atoms with Gasteiger partial charge in [0.15, 0.2) is 0 Å². The highest BCUT2D eigenvalue weighted by atomic mass is 16.6. The molecule has 1 unspecified atom stereocenters. The molecule has 2 fully saturated rings. The van der Waals surface area contributed by atoms with Crippen LogP contribution in [0.1, 0.15) is 43.0 Å². The van der Waals surface area contributed by atoms with Gasteiger partial charge in [0.1, 0.15) is 0 Å². The first kappa shape index (κ1) is 20.5. The molecule has 2 atom stereocenters. The number of amides is 1. The first-order chi connectivity index (χ1) is 13.6. The number of morpholine rings is 1. The average Bonchev–Trinajstić information content (AvgIpc) is 2.72. The van der Waals surface area contributed by atoms with Crippen LogP contribution in [0.4, 0.5) is 11.4 Å². The molecule has 2 aliphatic heterocycles. The van der Waals surface area contributed by atoms with Gasteiger partial charge in [-0.1, -0.05) is 0 Å². The lowest BCUT2D eigenvalue weighted by atomic mass is 10.0. The van der Waals surface area contributed by atoms with Crippen LogP contribution < -0.4 is 15.1 Å². The van der Waals surface area contributed by atoms with Crippen LogP contribution in [0, 0.1) is 10.1 Å². The number of piperidine rings is 1. The van der Waals surface area contributed by atoms with Crippen molar-refractivity contribution in [3.63, 3.8) is 0 Å². The number of hydrogen-bond acceptors (Lipinski definition) is 5. The van der Waals surface area contributed by atoms with Gasteiger partial charge >= 0.3 is 0 Å². The Morgan fingerprint density at radius 2 is 2.14 bits per heavy atom. The zero-order valence-electron chi connectivity index (χ0n) is 16.6. The van der Waals surface area contributed by atoms with Crippen molar-refractivity contribution in [1.82, 2.24) is 5.32 Å². The van der Waals surface area contributed by atoms with Crippen LogP contribution in [-0.2, 0) is 4.74 Å². The molecule has 2 N–H and O–H groups in total. The fourth-order valence-electron chi connectivity index (χ4n) is 4.14. The normalized spacial score (nSPS) is 22.7. The molecule has 3 rings (SSSR count). The number of likely N-dealkylation sites (tertiary alicyclic amines) is 1. The lowest BCUT2D eigenvalue weighted by molar-refractivity contribution is -0.928. The van der Waals surface area contributed by atoms with Gasteiger partial charge in [0.25, 0.3) is 11.6 Å². The molecule has 0 aliphatic carbocycles. The van der Waals surface area contributed by atoms with Crippen molar-refractivity contribution < 1.29 is 19.4 Å². The second-order valence-corrected chi connectivity index (χ2v) is 7.72. The minimum Gasteiger partial charge on any atom is -0.378 e. The van der Waals surface area contributed by atoms with Gasteiger partial charge in [-0.05, 0) is 32.3 Å². The Hall–Kier alpha value is -2.19. The van der Waals surface area contributed by atoms with E-state index in [0.717, 1.165) is 18.7 Å². The standard InChI is InChI=1S/C20H30N4O4/c1-16-5-2-3-9-22(16)10-4-8-21-20(25)18-15-17(24(26)27)6-7-19(18)23-11-13-28-14-12-23/h6-7,15-16H,2-5,8-14H2,1H3,(H,21,25)/p+1/t16-/m1/s1. The van der Waals surface area contributed by atoms with Gasteiger partial charge in [0, 0.05) is 38.2 Å². The monoisotopic (exact) mass is 391 g/mol. The molecule has 2 saturated heterocycles. The van der Waals surface area contributed by atoms with Crippen molar-refractivity contribution in [1.29, 1.82) is 0 Å². The number of benzene rings is 1. The Balaban J connectivity index is 1.61. The maximum Gasteiger partial charge on any atom is 0.270 e. The number of hydrogen-bond donors (Lipinski definition) is 2. The van der Waals surface area contributed by atoms with Gasteiger partial charge in [-0.3, -0.25) is 14.9 Å². The molecule has 1 aromatic carbocycles. The fraction of sp³-hybridized carbons (Fsp3) is 0.650. The van der Waals surface area contributed by atoms with Crippen LogP contribution in [0.2, 0.25) is 0 Å². The highest BCUT2D eigenvalue weighted by Gasteiger charge is 2.23. The lowest BCUT2D eigenvalue weighted by Gasteiger charge is -2.30. The predicted octanol–water partition coefficient (Wildman–Crippen LogP) is 1.01. The number of carbonyl (C=O) groups is 1. The van der Waals surface area contributed by atoms with E-state index in [9.17, 15) is 14.9 Å². The van der Waals surface area contributed by atoms with Crippen molar-refractivity contribution in [3.8, 4) is 0 Å². The molecule has 0 spiro atoms. The average molecular weight is 391 g/mol. The van der Waals surface area contributed by atoms with Gasteiger partial charge in [-0.2, -0.15) is 0 Å². The topological polar surface area (TPSA) is 89.1 Å². The first-order valence-corrected chi connectivity index (χ1v) is 10.3. The highest BCUT2D eigenvalue weighted by molar-refractivity contribution is 6.00. The van der Waals surface area contributed by atoms with Crippen molar-refractivity contribution in [2.24, 2.45) is 0 Å². The first-order valence-electron chi connectivity index (χ1n) is 10.3. The quantitative estimate of drug-likeness (QED) is 0.411. The van der Waals surface area contributed by atoms with E-state index in [-0.39, 0.29) is 11.6 Å². The third-order valence-corrected chi connectivity index (χ3v) is 5.83. The van der Waals surface area contributed by atoms with Crippen LogP contribution in [0.5, 0.6) is 0 Å². The number of nitrogens with zero attached hydrogens (tertiary/aromatic N) is 2. The number of carbonyl (C=O) groups excluding carboxylic acids is 1. The zero-order chi connectivity index (χ0) is 19.9. The summed E-state index contributed by atoms with van der Waals surface area (Å²) in [5.41, 5.74) is 1.05. The molecule has 154 valence electrons. The maximum absolute atomic E-state index is 12.8. The number of nitrogens with one attached hydrogen (secondary N) is 2. The Labute approximate surface area is 166 Å². The van der Waals surface area contributed by atoms with Gasteiger partial charge in [0.05, 0.1) is 48.5 Å². The summed E-state index contributed by atoms with van der Waals surface area (Å²) in [6.45, 7) is 7.67. The van der Waals surface area contributed by atoms with Crippen LogP contribution in [-0.4, -0.2) is 62.8 Å². The molecule has 0 saturated carbocycles. The molecule has 0 radical (unpaired) electrons. The second-order valence-electron chi connectivity index (χ2n) is 7.72. The van der Waals surface area contributed by atoms with Gasteiger partial charge in [0.2, 0.25) is 0 Å². The Morgan fingerprint density at radius 3 is 2.86 bits per heavy atom. The SMILES string of the molecule is C[C@@H]1CCCC[NH+]1CCCNC(=O)c1cc([N+](=O)[O-])ccc1N1CCOCC1. The number of nitro groups is 1. The number of rotatable bonds is 7. The molecule has 2 aliphatic rings. The van der Waals surface area contributed by atoms with Crippen molar-refractivity contribution in [2.45, 2.75) is 38.6 Å². The van der Waals surface area contributed by atoms with E-state index >= 15 is 0 Å². The number of non-ortho nitro benzene ring substituents is 1. The predicted molar refractivity (Wildman–Crippen MR) is 107 cm³/mol. The van der Waals surface area contributed by atoms with Crippen molar-refractivity contribution >= 4 is 17.3 Å². The molecular formula is C20H31N4O4+. The number of ether oxygens (including phenoxy) is 1. The molecule has 1 aromatic rings. The summed E-state index contributed by atoms with van der Waals surface area (Å²) >= 11 is 0.